The Balaban J connectivity index is 2.02. The molecule has 3 aromatic heterocycles. The average molecular weight is 282 g/mol. The van der Waals surface area contributed by atoms with Gasteiger partial charge in [0.25, 0.3) is 0 Å². The molecule has 0 unspecified atom stereocenters. The fourth-order valence-electron chi connectivity index (χ4n) is 2.25. The van der Waals surface area contributed by atoms with Gasteiger partial charge in [0.15, 0.2) is 5.65 Å². The molecule has 0 radical (unpaired) electrons. The van der Waals surface area contributed by atoms with Crippen molar-refractivity contribution in [1.29, 1.82) is 0 Å². The van der Waals surface area contributed by atoms with E-state index >= 15 is 0 Å². The second kappa shape index (κ2) is 4.25. The van der Waals surface area contributed by atoms with Crippen molar-refractivity contribution in [3.05, 3.63) is 48.0 Å². The molecule has 0 saturated heterocycles. The van der Waals surface area contributed by atoms with Gasteiger partial charge < -0.3 is 0 Å². The second-order valence-electron chi connectivity index (χ2n) is 4.38. The van der Waals surface area contributed by atoms with E-state index in [-0.39, 0.29) is 5.28 Å². The lowest BCUT2D eigenvalue weighted by Crippen LogP contribution is -1.90. The Hall–Kier alpha value is -2.53. The number of fused-ring (bicyclic) bond motifs is 2. The van der Waals surface area contributed by atoms with Crippen molar-refractivity contribution in [2.75, 3.05) is 0 Å². The number of pyridine rings is 1. The quantitative estimate of drug-likeness (QED) is 0.544. The van der Waals surface area contributed by atoms with E-state index in [1.54, 1.807) is 12.4 Å². The second-order valence-corrected chi connectivity index (χ2v) is 4.72. The van der Waals surface area contributed by atoms with E-state index in [1.165, 1.54) is 0 Å². The average Bonchev–Trinajstić information content (AvgIpc) is 2.94. The van der Waals surface area contributed by atoms with Crippen LogP contribution in [0, 0.1) is 0 Å². The first-order valence-corrected chi connectivity index (χ1v) is 6.41. The highest BCUT2D eigenvalue weighted by molar-refractivity contribution is 6.28. The molecule has 0 bridgehead atoms. The first kappa shape index (κ1) is 11.3. The van der Waals surface area contributed by atoms with Gasteiger partial charge in [-0.15, -0.1) is 0 Å². The van der Waals surface area contributed by atoms with Crippen LogP contribution in [0.2, 0.25) is 5.28 Å². The van der Waals surface area contributed by atoms with Crippen LogP contribution in [0.1, 0.15) is 0 Å². The van der Waals surface area contributed by atoms with Gasteiger partial charge in [0.2, 0.25) is 5.28 Å². The van der Waals surface area contributed by atoms with Crippen LogP contribution in [0.5, 0.6) is 0 Å². The minimum absolute atomic E-state index is 0.197. The van der Waals surface area contributed by atoms with Gasteiger partial charge in [-0.25, -0.2) is 4.98 Å². The molecule has 0 amide bonds. The highest BCUT2D eigenvalue weighted by Crippen LogP contribution is 2.28. The zero-order valence-electron chi connectivity index (χ0n) is 10.2. The molecule has 1 aromatic carbocycles. The number of hydrogen-bond acceptors (Lipinski definition) is 4. The van der Waals surface area contributed by atoms with Crippen LogP contribution < -0.4 is 0 Å². The number of H-pyrrole nitrogens is 1. The Bertz CT molecular complexity index is 931. The van der Waals surface area contributed by atoms with Gasteiger partial charge in [-0.1, -0.05) is 12.1 Å². The van der Waals surface area contributed by atoms with Crippen LogP contribution in [-0.2, 0) is 0 Å². The number of hydrogen-bond donors (Lipinski definition) is 1. The molecule has 0 aliphatic carbocycles. The third-order valence-corrected chi connectivity index (χ3v) is 3.33. The van der Waals surface area contributed by atoms with Gasteiger partial charge in [0.1, 0.15) is 0 Å². The van der Waals surface area contributed by atoms with Crippen molar-refractivity contribution in [3.63, 3.8) is 0 Å². The smallest absolute Gasteiger partial charge is 0.224 e. The largest absolute Gasteiger partial charge is 0.261 e. The van der Waals surface area contributed by atoms with E-state index in [4.69, 9.17) is 11.6 Å². The molecule has 1 N–H and O–H groups in total. The van der Waals surface area contributed by atoms with E-state index in [0.717, 1.165) is 27.5 Å². The Kier molecular flexibility index (Phi) is 2.40. The van der Waals surface area contributed by atoms with E-state index in [2.05, 4.69) is 25.1 Å². The summed E-state index contributed by atoms with van der Waals surface area (Å²) in [6.07, 6.45) is 3.48. The summed E-state index contributed by atoms with van der Waals surface area (Å²) in [6, 6.07) is 9.90. The number of nitrogens with one attached hydrogen (secondary N) is 1. The molecule has 4 aromatic rings. The predicted molar refractivity (Wildman–Crippen MR) is 77.4 cm³/mol. The lowest BCUT2D eigenvalue weighted by atomic mass is 10.1. The van der Waals surface area contributed by atoms with Crippen LogP contribution in [-0.4, -0.2) is 25.1 Å². The van der Waals surface area contributed by atoms with Crippen LogP contribution >= 0.6 is 11.6 Å². The third-order valence-electron chi connectivity index (χ3n) is 3.16. The number of aromatic nitrogens is 5. The molecule has 0 aliphatic heterocycles. The normalized spacial score (nSPS) is 11.2. The Morgan fingerprint density at radius 1 is 1.10 bits per heavy atom. The van der Waals surface area contributed by atoms with Gasteiger partial charge in [-0.05, 0) is 29.8 Å². The van der Waals surface area contributed by atoms with Gasteiger partial charge in [-0.3, -0.25) is 10.1 Å². The minimum atomic E-state index is 0.197. The molecule has 0 atom stereocenters. The molecule has 20 heavy (non-hydrogen) atoms. The van der Waals surface area contributed by atoms with Crippen molar-refractivity contribution in [2.24, 2.45) is 0 Å². The van der Waals surface area contributed by atoms with Crippen LogP contribution in [0.15, 0.2) is 42.7 Å². The van der Waals surface area contributed by atoms with E-state index in [0.29, 0.717) is 5.65 Å². The number of nitrogens with zero attached hydrogens (tertiary/aromatic N) is 4. The van der Waals surface area contributed by atoms with Crippen molar-refractivity contribution in [3.8, 4) is 11.3 Å². The number of benzene rings is 1. The zero-order chi connectivity index (χ0) is 13.5. The molecule has 0 fully saturated rings. The zero-order valence-corrected chi connectivity index (χ0v) is 11.0. The van der Waals surface area contributed by atoms with Crippen molar-refractivity contribution < 1.29 is 0 Å². The fraction of sp³-hybridized carbons (Fsp3) is 0. The summed E-state index contributed by atoms with van der Waals surface area (Å²) in [7, 11) is 0. The maximum atomic E-state index is 5.97. The summed E-state index contributed by atoms with van der Waals surface area (Å²) in [5.41, 5.74) is 3.30. The lowest BCUT2D eigenvalue weighted by Gasteiger charge is -2.04. The molecule has 5 nitrogen and oxygen atoms in total. The Morgan fingerprint density at radius 2 is 2.05 bits per heavy atom. The highest BCUT2D eigenvalue weighted by atomic mass is 35.5. The first-order valence-electron chi connectivity index (χ1n) is 6.03. The van der Waals surface area contributed by atoms with Gasteiger partial charge in [0.05, 0.1) is 22.8 Å². The highest BCUT2D eigenvalue weighted by Gasteiger charge is 2.11. The number of aromatic amines is 1. The number of halogens is 1. The summed E-state index contributed by atoms with van der Waals surface area (Å²) in [5, 5.41) is 8.90. The van der Waals surface area contributed by atoms with Crippen molar-refractivity contribution in [1.82, 2.24) is 25.1 Å². The fourth-order valence-corrected chi connectivity index (χ4v) is 2.42. The number of rotatable bonds is 1. The molecule has 0 aliphatic rings. The molecular formula is C14H8ClN5. The van der Waals surface area contributed by atoms with Crippen LogP contribution in [0.25, 0.3) is 33.2 Å². The Morgan fingerprint density at radius 3 is 3.00 bits per heavy atom. The van der Waals surface area contributed by atoms with E-state index in [9.17, 15) is 0 Å². The topological polar surface area (TPSA) is 67.3 Å². The maximum absolute atomic E-state index is 5.97. The maximum Gasteiger partial charge on any atom is 0.224 e. The molecule has 3 heterocycles. The molecule has 0 saturated carbocycles. The standard InChI is InChI=1S/C14H8ClN5/c15-14-18-12(10-7-17-20-13(10)19-14)9-3-4-11-8(6-9)2-1-5-16-11/h1-7H,(H,17,18,19,20). The van der Waals surface area contributed by atoms with E-state index < -0.39 is 0 Å². The molecule has 6 heteroatoms. The van der Waals surface area contributed by atoms with Gasteiger partial charge >= 0.3 is 0 Å². The minimum Gasteiger partial charge on any atom is -0.261 e. The Labute approximate surface area is 118 Å². The summed E-state index contributed by atoms with van der Waals surface area (Å²) >= 11 is 5.97. The molecular weight excluding hydrogens is 274 g/mol. The summed E-state index contributed by atoms with van der Waals surface area (Å²) in [5.74, 6) is 0. The molecule has 4 rings (SSSR count). The molecule has 0 spiro atoms. The molecule has 96 valence electrons. The summed E-state index contributed by atoms with van der Waals surface area (Å²) in [6.45, 7) is 0. The van der Waals surface area contributed by atoms with Crippen LogP contribution in [0.3, 0.4) is 0 Å². The van der Waals surface area contributed by atoms with Crippen LogP contribution in [0.4, 0.5) is 0 Å². The van der Waals surface area contributed by atoms with Crippen molar-refractivity contribution in [2.45, 2.75) is 0 Å². The van der Waals surface area contributed by atoms with Gasteiger partial charge in [-0.2, -0.15) is 10.1 Å². The monoisotopic (exact) mass is 281 g/mol. The summed E-state index contributed by atoms with van der Waals surface area (Å²) in [4.78, 5) is 12.7. The predicted octanol–water partition coefficient (Wildman–Crippen LogP) is 3.22. The SMILES string of the molecule is Clc1nc(-c2ccc3ncccc3c2)c2cn[nH]c2n1. The first-order chi connectivity index (χ1) is 9.81. The van der Waals surface area contributed by atoms with Crippen molar-refractivity contribution >= 4 is 33.5 Å². The van der Waals surface area contributed by atoms with Gasteiger partial charge in [0, 0.05) is 17.1 Å². The lowest BCUT2D eigenvalue weighted by molar-refractivity contribution is 1.09. The third kappa shape index (κ3) is 1.71. The summed E-state index contributed by atoms with van der Waals surface area (Å²) < 4.78 is 0. The van der Waals surface area contributed by atoms with E-state index in [1.807, 2.05) is 30.3 Å².